The Hall–Kier alpha value is -3.59. The molecule has 0 N–H and O–H groups in total. The second-order valence-corrected chi connectivity index (χ2v) is 9.81. The molecular formula is C27H29N3O5S. The smallest absolute Gasteiger partial charge is 0.338 e. The topological polar surface area (TPSA) is 86.3 Å². The Morgan fingerprint density at radius 3 is 2.78 bits per heavy atom. The number of nitrogens with zero attached hydrogens (tertiary/aromatic N) is 3. The summed E-state index contributed by atoms with van der Waals surface area (Å²) >= 11 is 1.28. The summed E-state index contributed by atoms with van der Waals surface area (Å²) in [4.78, 5) is 34.1. The first-order valence-corrected chi connectivity index (χ1v) is 13.0. The van der Waals surface area contributed by atoms with Crippen LogP contribution in [0, 0.1) is 0 Å². The first kappa shape index (κ1) is 24.1. The number of allylic oxidation sites excluding steroid dienone is 1. The number of furan rings is 1. The van der Waals surface area contributed by atoms with Crippen molar-refractivity contribution in [2.24, 2.45) is 4.99 Å². The largest absolute Gasteiger partial charge is 0.497 e. The summed E-state index contributed by atoms with van der Waals surface area (Å²) in [5.74, 6) is 1.58. The van der Waals surface area contributed by atoms with Gasteiger partial charge >= 0.3 is 5.97 Å². The van der Waals surface area contributed by atoms with Crippen molar-refractivity contribution < 1.29 is 18.7 Å². The SMILES string of the molecule is CCOC(=O)C1=C(C)N=c2s/c(=C\c3ccc(N4CCCCC4)o3)c(=O)n2[C@H]1c1cccc(OC)c1. The summed E-state index contributed by atoms with van der Waals surface area (Å²) in [5, 5.41) is 0. The molecule has 1 atom stereocenters. The Kier molecular flexibility index (Phi) is 6.82. The van der Waals surface area contributed by atoms with Gasteiger partial charge < -0.3 is 18.8 Å². The molecule has 0 unspecified atom stereocenters. The normalized spacial score (nSPS) is 18.1. The van der Waals surface area contributed by atoms with E-state index >= 15 is 0 Å². The fourth-order valence-corrected chi connectivity index (χ4v) is 5.78. The van der Waals surface area contributed by atoms with Gasteiger partial charge in [0.2, 0.25) is 0 Å². The van der Waals surface area contributed by atoms with Crippen molar-refractivity contribution in [3.8, 4) is 5.75 Å². The van der Waals surface area contributed by atoms with Crippen molar-refractivity contribution in [2.75, 3.05) is 31.7 Å². The lowest BCUT2D eigenvalue weighted by Crippen LogP contribution is -2.39. The minimum Gasteiger partial charge on any atom is -0.497 e. The van der Waals surface area contributed by atoms with Crippen LogP contribution in [0.5, 0.6) is 5.75 Å². The lowest BCUT2D eigenvalue weighted by molar-refractivity contribution is -0.139. The molecule has 2 aromatic heterocycles. The number of carbonyl (C=O) groups excluding carboxylic acids is 1. The van der Waals surface area contributed by atoms with Gasteiger partial charge in [-0.1, -0.05) is 23.5 Å². The number of esters is 1. The fourth-order valence-electron chi connectivity index (χ4n) is 4.75. The Morgan fingerprint density at radius 2 is 2.03 bits per heavy atom. The third-order valence-electron chi connectivity index (χ3n) is 6.48. The van der Waals surface area contributed by atoms with Gasteiger partial charge in [0.25, 0.3) is 5.56 Å². The van der Waals surface area contributed by atoms with Gasteiger partial charge in [0.1, 0.15) is 11.5 Å². The van der Waals surface area contributed by atoms with E-state index in [-0.39, 0.29) is 12.2 Å². The van der Waals surface area contributed by atoms with E-state index < -0.39 is 12.0 Å². The first-order valence-electron chi connectivity index (χ1n) is 12.2. The highest BCUT2D eigenvalue weighted by Crippen LogP contribution is 2.32. The average Bonchev–Trinajstić information content (AvgIpc) is 3.48. The minimum atomic E-state index is -0.682. The Labute approximate surface area is 212 Å². The number of piperidine rings is 1. The number of fused-ring (bicyclic) bond motifs is 1. The van der Waals surface area contributed by atoms with Crippen LogP contribution in [-0.4, -0.2) is 37.3 Å². The van der Waals surface area contributed by atoms with E-state index in [9.17, 15) is 9.59 Å². The Balaban J connectivity index is 1.62. The fraction of sp³-hybridized carbons (Fsp3) is 0.370. The summed E-state index contributed by atoms with van der Waals surface area (Å²) in [6, 6.07) is 10.5. The number of anilines is 1. The number of thiazole rings is 1. The van der Waals surface area contributed by atoms with Crippen molar-refractivity contribution >= 4 is 29.3 Å². The Bertz CT molecular complexity index is 1490. The summed E-state index contributed by atoms with van der Waals surface area (Å²) < 4.78 is 18.9. The van der Waals surface area contributed by atoms with Gasteiger partial charge in [-0.2, -0.15) is 0 Å². The molecule has 4 heterocycles. The number of hydrogen-bond donors (Lipinski definition) is 0. The third kappa shape index (κ3) is 4.51. The summed E-state index contributed by atoms with van der Waals surface area (Å²) in [6.45, 7) is 5.71. The number of carbonyl (C=O) groups is 1. The maximum absolute atomic E-state index is 13.7. The summed E-state index contributed by atoms with van der Waals surface area (Å²) in [7, 11) is 1.58. The van der Waals surface area contributed by atoms with Gasteiger partial charge in [-0.15, -0.1) is 0 Å². The van der Waals surface area contributed by atoms with E-state index in [0.29, 0.717) is 32.1 Å². The zero-order valence-corrected chi connectivity index (χ0v) is 21.5. The van der Waals surface area contributed by atoms with Gasteiger partial charge in [0.05, 0.1) is 35.6 Å². The molecule has 8 nitrogen and oxygen atoms in total. The van der Waals surface area contributed by atoms with Gasteiger partial charge in [0, 0.05) is 25.2 Å². The maximum atomic E-state index is 13.7. The van der Waals surface area contributed by atoms with Crippen LogP contribution in [-0.2, 0) is 9.53 Å². The predicted octanol–water partition coefficient (Wildman–Crippen LogP) is 3.39. The molecule has 5 rings (SSSR count). The van der Waals surface area contributed by atoms with Crippen molar-refractivity contribution in [3.63, 3.8) is 0 Å². The van der Waals surface area contributed by atoms with Crippen LogP contribution in [0.4, 0.5) is 5.88 Å². The van der Waals surface area contributed by atoms with Crippen LogP contribution >= 0.6 is 11.3 Å². The lowest BCUT2D eigenvalue weighted by atomic mass is 9.95. The zero-order valence-electron chi connectivity index (χ0n) is 20.7. The molecule has 0 aliphatic carbocycles. The summed E-state index contributed by atoms with van der Waals surface area (Å²) in [5.41, 5.74) is 1.37. The molecule has 0 saturated carbocycles. The Morgan fingerprint density at radius 1 is 1.22 bits per heavy atom. The average molecular weight is 508 g/mol. The number of rotatable bonds is 6. The number of ether oxygens (including phenoxy) is 2. The molecule has 2 aliphatic rings. The van der Waals surface area contributed by atoms with Crippen molar-refractivity contribution in [3.05, 3.63) is 78.7 Å². The second kappa shape index (κ2) is 10.2. The van der Waals surface area contributed by atoms with Crippen LogP contribution in [0.15, 0.2) is 61.9 Å². The van der Waals surface area contributed by atoms with Crippen molar-refractivity contribution in [2.45, 2.75) is 39.2 Å². The molecule has 1 fully saturated rings. The molecular weight excluding hydrogens is 478 g/mol. The highest BCUT2D eigenvalue weighted by atomic mass is 32.1. The van der Waals surface area contributed by atoms with Crippen molar-refractivity contribution in [1.82, 2.24) is 4.57 Å². The summed E-state index contributed by atoms with van der Waals surface area (Å²) in [6.07, 6.45) is 5.30. The maximum Gasteiger partial charge on any atom is 0.338 e. The van der Waals surface area contributed by atoms with Crippen LogP contribution < -0.4 is 24.5 Å². The molecule has 1 aromatic carbocycles. The van der Waals surface area contributed by atoms with Gasteiger partial charge in [0.15, 0.2) is 10.7 Å². The zero-order chi connectivity index (χ0) is 25.2. The molecule has 188 valence electrons. The molecule has 2 aliphatic heterocycles. The van der Waals surface area contributed by atoms with E-state index in [1.807, 2.05) is 36.4 Å². The third-order valence-corrected chi connectivity index (χ3v) is 7.46. The van der Waals surface area contributed by atoms with Crippen LogP contribution in [0.2, 0.25) is 0 Å². The standard InChI is InChI=1S/C27H29N3O5S/c1-4-34-26(32)23-17(2)28-27-30(24(23)18-9-8-10-19(15-18)33-3)25(31)21(36-27)16-20-11-12-22(35-20)29-13-6-5-7-14-29/h8-12,15-16,24H,4-7,13-14H2,1-3H3/b21-16-/t24-/m0/s1. The monoisotopic (exact) mass is 507 g/mol. The second-order valence-electron chi connectivity index (χ2n) is 8.80. The molecule has 3 aromatic rings. The van der Waals surface area contributed by atoms with Gasteiger partial charge in [-0.05, 0) is 56.9 Å². The molecule has 0 spiro atoms. The molecule has 0 bridgehead atoms. The molecule has 0 amide bonds. The molecule has 36 heavy (non-hydrogen) atoms. The minimum absolute atomic E-state index is 0.225. The van der Waals surface area contributed by atoms with E-state index in [2.05, 4.69) is 9.89 Å². The quantitative estimate of drug-likeness (QED) is 0.476. The van der Waals surface area contributed by atoms with Crippen LogP contribution in [0.1, 0.15) is 50.5 Å². The molecule has 1 saturated heterocycles. The molecule has 0 radical (unpaired) electrons. The predicted molar refractivity (Wildman–Crippen MR) is 138 cm³/mol. The van der Waals surface area contributed by atoms with E-state index in [4.69, 9.17) is 13.9 Å². The van der Waals surface area contributed by atoms with E-state index in [1.54, 1.807) is 31.6 Å². The molecule has 9 heteroatoms. The lowest BCUT2D eigenvalue weighted by Gasteiger charge is -2.25. The van der Waals surface area contributed by atoms with E-state index in [0.717, 1.165) is 37.4 Å². The van der Waals surface area contributed by atoms with Gasteiger partial charge in [-0.3, -0.25) is 9.36 Å². The highest BCUT2D eigenvalue weighted by molar-refractivity contribution is 7.07. The van der Waals surface area contributed by atoms with Crippen LogP contribution in [0.3, 0.4) is 0 Å². The number of aromatic nitrogens is 1. The number of hydrogen-bond acceptors (Lipinski definition) is 8. The van der Waals surface area contributed by atoms with Crippen molar-refractivity contribution in [1.29, 1.82) is 0 Å². The number of benzene rings is 1. The van der Waals surface area contributed by atoms with E-state index in [1.165, 1.54) is 17.8 Å². The van der Waals surface area contributed by atoms with Crippen LogP contribution in [0.25, 0.3) is 6.08 Å². The van der Waals surface area contributed by atoms with Gasteiger partial charge in [-0.25, -0.2) is 9.79 Å². The first-order chi connectivity index (χ1) is 17.5. The highest BCUT2D eigenvalue weighted by Gasteiger charge is 2.33. The number of methoxy groups -OCH3 is 1.